The fourth-order valence-electron chi connectivity index (χ4n) is 4.02. The number of ether oxygens (including phenoxy) is 1. The molecule has 2 heterocycles. The van der Waals surface area contributed by atoms with E-state index in [-0.39, 0.29) is 5.78 Å². The fourth-order valence-corrected chi connectivity index (χ4v) is 5.46. The molecule has 0 atom stereocenters. The first kappa shape index (κ1) is 19.2. The predicted octanol–water partition coefficient (Wildman–Crippen LogP) is 3.80. The van der Waals surface area contributed by atoms with Crippen LogP contribution >= 0.6 is 0 Å². The first-order valence-electron chi connectivity index (χ1n) is 9.61. The number of hydrogen-bond acceptors (Lipinski definition) is 4. The quantitative estimate of drug-likeness (QED) is 0.771. The maximum Gasteiger partial charge on any atom is 0.243 e. The second-order valence-electron chi connectivity index (χ2n) is 8.03. The van der Waals surface area contributed by atoms with Gasteiger partial charge in [-0.15, -0.1) is 0 Å². The van der Waals surface area contributed by atoms with E-state index in [4.69, 9.17) is 4.74 Å². The van der Waals surface area contributed by atoms with E-state index in [9.17, 15) is 13.2 Å². The molecule has 0 amide bonds. The van der Waals surface area contributed by atoms with Crippen LogP contribution in [0.2, 0.25) is 0 Å². The Morgan fingerprint density at radius 2 is 1.57 bits per heavy atom. The molecule has 0 aliphatic carbocycles. The molecular weight excluding hydrogens is 374 g/mol. The van der Waals surface area contributed by atoms with Crippen molar-refractivity contribution >= 4 is 15.8 Å². The Bertz CT molecular complexity index is 1030. The largest absolute Gasteiger partial charge is 0.486 e. The van der Waals surface area contributed by atoms with Gasteiger partial charge in [0.15, 0.2) is 5.78 Å². The molecule has 6 heteroatoms. The summed E-state index contributed by atoms with van der Waals surface area (Å²) in [5.41, 5.74) is 3.22. The van der Waals surface area contributed by atoms with E-state index in [2.05, 4.69) is 0 Å². The summed E-state index contributed by atoms with van der Waals surface area (Å²) < 4.78 is 33.7. The van der Waals surface area contributed by atoms with E-state index in [0.29, 0.717) is 48.6 Å². The number of fused-ring (bicyclic) bond motifs is 1. The Hall–Kier alpha value is -2.18. The summed E-state index contributed by atoms with van der Waals surface area (Å²) in [6.45, 7) is 6.62. The van der Waals surface area contributed by atoms with Crippen LogP contribution in [0.25, 0.3) is 0 Å². The van der Waals surface area contributed by atoms with Crippen molar-refractivity contribution in [2.45, 2.75) is 50.5 Å². The number of carbonyl (C=O) groups is 1. The number of hydrogen-bond donors (Lipinski definition) is 0. The van der Waals surface area contributed by atoms with Crippen LogP contribution in [0, 0.1) is 20.8 Å². The maximum atomic E-state index is 12.9. The second-order valence-corrected chi connectivity index (χ2v) is 9.97. The zero-order valence-corrected chi connectivity index (χ0v) is 17.3. The highest BCUT2D eigenvalue weighted by Gasteiger charge is 2.45. The zero-order chi connectivity index (χ0) is 20.1. The second kappa shape index (κ2) is 6.71. The minimum atomic E-state index is -3.53. The van der Waals surface area contributed by atoms with Crippen molar-refractivity contribution < 1.29 is 17.9 Å². The molecule has 0 unspecified atom stereocenters. The van der Waals surface area contributed by atoms with Crippen LogP contribution in [0.15, 0.2) is 41.3 Å². The number of aryl methyl sites for hydroxylation is 3. The minimum Gasteiger partial charge on any atom is -0.486 e. The minimum absolute atomic E-state index is 0.0826. The van der Waals surface area contributed by atoms with Gasteiger partial charge in [0.25, 0.3) is 0 Å². The van der Waals surface area contributed by atoms with E-state index in [1.807, 2.05) is 45.0 Å². The molecule has 0 saturated carbocycles. The molecule has 5 nitrogen and oxygen atoms in total. The van der Waals surface area contributed by atoms with Gasteiger partial charge < -0.3 is 4.74 Å². The molecule has 0 N–H and O–H groups in total. The van der Waals surface area contributed by atoms with Crippen LogP contribution in [0.3, 0.4) is 0 Å². The number of Topliss-reactive ketones (excluding diaryl/α,β-unsaturated/α-hetero) is 1. The van der Waals surface area contributed by atoms with E-state index in [1.54, 1.807) is 12.1 Å². The van der Waals surface area contributed by atoms with Gasteiger partial charge in [0.05, 0.1) is 16.9 Å². The highest BCUT2D eigenvalue weighted by Crippen LogP contribution is 2.41. The highest BCUT2D eigenvalue weighted by molar-refractivity contribution is 7.89. The lowest BCUT2D eigenvalue weighted by molar-refractivity contribution is 0.00585. The van der Waals surface area contributed by atoms with Gasteiger partial charge in [-0.3, -0.25) is 4.79 Å². The van der Waals surface area contributed by atoms with Crippen LogP contribution in [0.1, 0.15) is 46.3 Å². The van der Waals surface area contributed by atoms with E-state index in [1.165, 1.54) is 4.31 Å². The van der Waals surface area contributed by atoms with E-state index < -0.39 is 15.6 Å². The molecule has 2 aliphatic heterocycles. The van der Waals surface area contributed by atoms with Crippen molar-refractivity contribution in [3.05, 3.63) is 58.7 Å². The smallest absolute Gasteiger partial charge is 0.243 e. The van der Waals surface area contributed by atoms with Crippen molar-refractivity contribution in [3.63, 3.8) is 0 Å². The molecule has 1 spiro atoms. The lowest BCUT2D eigenvalue weighted by Crippen LogP contribution is -2.52. The monoisotopic (exact) mass is 399 g/mol. The molecule has 2 aromatic carbocycles. The summed E-state index contributed by atoms with van der Waals surface area (Å²) in [5, 5.41) is 0. The summed E-state index contributed by atoms with van der Waals surface area (Å²) >= 11 is 0. The van der Waals surface area contributed by atoms with Crippen LogP contribution in [0.5, 0.6) is 5.75 Å². The fraction of sp³-hybridized carbons (Fsp3) is 0.409. The van der Waals surface area contributed by atoms with Crippen LogP contribution in [-0.4, -0.2) is 37.2 Å². The van der Waals surface area contributed by atoms with Gasteiger partial charge in [-0.1, -0.05) is 17.7 Å². The third-order valence-electron chi connectivity index (χ3n) is 6.00. The van der Waals surface area contributed by atoms with Crippen LogP contribution in [-0.2, 0) is 10.0 Å². The van der Waals surface area contributed by atoms with E-state index in [0.717, 1.165) is 16.7 Å². The van der Waals surface area contributed by atoms with Gasteiger partial charge >= 0.3 is 0 Å². The zero-order valence-electron chi connectivity index (χ0n) is 16.5. The summed E-state index contributed by atoms with van der Waals surface area (Å²) in [6, 6.07) is 10.7. The topological polar surface area (TPSA) is 63.7 Å². The van der Waals surface area contributed by atoms with Crippen molar-refractivity contribution in [3.8, 4) is 5.75 Å². The normalized spacial score (nSPS) is 19.3. The third kappa shape index (κ3) is 3.25. The molecular formula is C22H25NO4S. The standard InChI is InChI=1S/C22H25NO4S/c1-15-4-6-18(7-5-15)28(25,26)23-10-8-22(9-11-23)14-20(24)19-12-16(2)17(3)13-21(19)27-22/h4-7,12-13H,8-11,14H2,1-3H3. The molecule has 1 fully saturated rings. The van der Waals surface area contributed by atoms with Crippen molar-refractivity contribution in [2.24, 2.45) is 0 Å². The maximum absolute atomic E-state index is 12.9. The van der Waals surface area contributed by atoms with Gasteiger partial charge in [-0.25, -0.2) is 8.42 Å². The Labute approximate surface area is 166 Å². The Kier molecular flexibility index (Phi) is 4.59. The molecule has 148 valence electrons. The average molecular weight is 400 g/mol. The molecule has 2 aromatic rings. The van der Waals surface area contributed by atoms with Crippen molar-refractivity contribution in [1.82, 2.24) is 4.31 Å². The summed E-state index contributed by atoms with van der Waals surface area (Å²) in [6.07, 6.45) is 1.33. The predicted molar refractivity (Wildman–Crippen MR) is 107 cm³/mol. The first-order valence-corrected chi connectivity index (χ1v) is 11.0. The number of benzene rings is 2. The highest BCUT2D eigenvalue weighted by atomic mass is 32.2. The number of nitrogens with zero attached hydrogens (tertiary/aromatic N) is 1. The number of sulfonamides is 1. The summed E-state index contributed by atoms with van der Waals surface area (Å²) in [4.78, 5) is 13.1. The van der Waals surface area contributed by atoms with Crippen LogP contribution in [0.4, 0.5) is 0 Å². The van der Waals surface area contributed by atoms with Crippen molar-refractivity contribution in [1.29, 1.82) is 0 Å². The van der Waals surface area contributed by atoms with Crippen molar-refractivity contribution in [2.75, 3.05) is 13.1 Å². The average Bonchev–Trinajstić information content (AvgIpc) is 2.64. The summed E-state index contributed by atoms with van der Waals surface area (Å²) in [7, 11) is -3.53. The summed E-state index contributed by atoms with van der Waals surface area (Å²) in [5.74, 6) is 0.716. The molecule has 4 rings (SSSR count). The van der Waals surface area contributed by atoms with Gasteiger partial charge in [0.1, 0.15) is 11.4 Å². The Morgan fingerprint density at radius 3 is 2.21 bits per heavy atom. The molecule has 2 aliphatic rings. The lowest BCUT2D eigenvalue weighted by Gasteiger charge is -2.43. The van der Waals surface area contributed by atoms with Crippen LogP contribution < -0.4 is 4.74 Å². The molecule has 0 aromatic heterocycles. The number of rotatable bonds is 2. The van der Waals surface area contributed by atoms with Gasteiger partial charge in [-0.05, 0) is 56.2 Å². The molecule has 0 bridgehead atoms. The molecule has 1 saturated heterocycles. The third-order valence-corrected chi connectivity index (χ3v) is 7.91. The first-order chi connectivity index (χ1) is 13.2. The van der Waals surface area contributed by atoms with Gasteiger partial charge in [0.2, 0.25) is 10.0 Å². The van der Waals surface area contributed by atoms with E-state index >= 15 is 0 Å². The SMILES string of the molecule is Cc1ccc(S(=O)(=O)N2CCC3(CC2)CC(=O)c2cc(C)c(C)cc2O3)cc1. The number of ketones is 1. The van der Waals surface area contributed by atoms with Gasteiger partial charge in [0, 0.05) is 25.9 Å². The molecule has 0 radical (unpaired) electrons. The van der Waals surface area contributed by atoms with Gasteiger partial charge in [-0.2, -0.15) is 4.31 Å². The number of piperidine rings is 1. The molecule has 28 heavy (non-hydrogen) atoms. The Morgan fingerprint density at radius 1 is 0.964 bits per heavy atom. The number of carbonyl (C=O) groups excluding carboxylic acids is 1. The lowest BCUT2D eigenvalue weighted by atomic mass is 9.82. The Balaban J connectivity index is 1.54.